The molecule has 0 bridgehead atoms. The van der Waals surface area contributed by atoms with Crippen molar-refractivity contribution in [1.82, 2.24) is 0 Å². The Hall–Kier alpha value is -2.69. The first-order valence-corrected chi connectivity index (χ1v) is 8.33. The number of nitrogens with one attached hydrogen (secondary N) is 1. The zero-order valence-corrected chi connectivity index (χ0v) is 15.0. The normalized spacial score (nSPS) is 13.1. The number of carboxylic acid groups (broad SMARTS) is 1. The SMILES string of the molecule is CNc1cc(-c2cc3c(cc2OC(C)(C)C(=O)O)OCC3)ccc1C. The highest BCUT2D eigenvalue weighted by Gasteiger charge is 2.31. The van der Waals surface area contributed by atoms with Crippen LogP contribution in [0.5, 0.6) is 11.5 Å². The number of benzene rings is 2. The molecule has 0 saturated carbocycles. The van der Waals surface area contributed by atoms with Crippen LogP contribution in [0.15, 0.2) is 30.3 Å². The Morgan fingerprint density at radius 1 is 1.28 bits per heavy atom. The van der Waals surface area contributed by atoms with Gasteiger partial charge < -0.3 is 19.9 Å². The molecule has 2 aromatic rings. The van der Waals surface area contributed by atoms with Crippen molar-refractivity contribution < 1.29 is 19.4 Å². The quantitative estimate of drug-likeness (QED) is 0.864. The average Bonchev–Trinajstić information content (AvgIpc) is 3.01. The molecule has 0 amide bonds. The van der Waals surface area contributed by atoms with Gasteiger partial charge in [0.25, 0.3) is 0 Å². The minimum atomic E-state index is -1.34. The summed E-state index contributed by atoms with van der Waals surface area (Å²) in [5.74, 6) is 0.263. The third-order valence-electron chi connectivity index (χ3n) is 4.49. The molecule has 2 N–H and O–H groups in total. The summed E-state index contributed by atoms with van der Waals surface area (Å²) in [6.45, 7) is 5.76. The first-order chi connectivity index (χ1) is 11.8. The maximum atomic E-state index is 11.5. The molecule has 3 rings (SSSR count). The van der Waals surface area contributed by atoms with Crippen molar-refractivity contribution in [2.45, 2.75) is 32.8 Å². The number of anilines is 1. The molecule has 0 aliphatic carbocycles. The highest BCUT2D eigenvalue weighted by Crippen LogP contribution is 2.41. The van der Waals surface area contributed by atoms with E-state index in [1.807, 2.05) is 38.2 Å². The molecule has 25 heavy (non-hydrogen) atoms. The molecule has 0 unspecified atom stereocenters. The van der Waals surface area contributed by atoms with Crippen LogP contribution < -0.4 is 14.8 Å². The molecule has 5 nitrogen and oxygen atoms in total. The monoisotopic (exact) mass is 341 g/mol. The lowest BCUT2D eigenvalue weighted by molar-refractivity contribution is -0.152. The Balaban J connectivity index is 2.13. The fourth-order valence-electron chi connectivity index (χ4n) is 2.89. The van der Waals surface area contributed by atoms with Crippen molar-refractivity contribution in [1.29, 1.82) is 0 Å². The smallest absolute Gasteiger partial charge is 0.347 e. The number of ether oxygens (including phenoxy) is 2. The topological polar surface area (TPSA) is 67.8 Å². The van der Waals surface area contributed by atoms with Gasteiger partial charge in [0.2, 0.25) is 0 Å². The van der Waals surface area contributed by atoms with Crippen molar-refractivity contribution in [2.24, 2.45) is 0 Å². The third kappa shape index (κ3) is 3.27. The van der Waals surface area contributed by atoms with Crippen molar-refractivity contribution >= 4 is 11.7 Å². The number of carboxylic acids is 1. The van der Waals surface area contributed by atoms with Gasteiger partial charge in [-0.3, -0.25) is 0 Å². The maximum absolute atomic E-state index is 11.5. The third-order valence-corrected chi connectivity index (χ3v) is 4.49. The highest BCUT2D eigenvalue weighted by atomic mass is 16.5. The lowest BCUT2D eigenvalue weighted by Gasteiger charge is -2.24. The van der Waals surface area contributed by atoms with Gasteiger partial charge >= 0.3 is 5.97 Å². The maximum Gasteiger partial charge on any atom is 0.347 e. The second-order valence-corrected chi connectivity index (χ2v) is 6.75. The van der Waals surface area contributed by atoms with E-state index in [2.05, 4.69) is 5.32 Å². The fraction of sp³-hybridized carbons (Fsp3) is 0.350. The van der Waals surface area contributed by atoms with Crippen LogP contribution in [0, 0.1) is 6.92 Å². The van der Waals surface area contributed by atoms with Crippen molar-refractivity contribution in [3.63, 3.8) is 0 Å². The van der Waals surface area contributed by atoms with E-state index in [4.69, 9.17) is 9.47 Å². The number of aliphatic carboxylic acids is 1. The Kier molecular flexibility index (Phi) is 4.33. The van der Waals surface area contributed by atoms with Crippen LogP contribution in [0.2, 0.25) is 0 Å². The molecule has 0 radical (unpaired) electrons. The van der Waals surface area contributed by atoms with E-state index in [0.29, 0.717) is 12.4 Å². The zero-order valence-electron chi connectivity index (χ0n) is 15.0. The molecule has 1 aliphatic rings. The van der Waals surface area contributed by atoms with Crippen LogP contribution in [0.1, 0.15) is 25.0 Å². The molecule has 1 aliphatic heterocycles. The van der Waals surface area contributed by atoms with E-state index in [-0.39, 0.29) is 0 Å². The van der Waals surface area contributed by atoms with Gasteiger partial charge in [-0.15, -0.1) is 0 Å². The molecule has 0 atom stereocenters. The second kappa shape index (κ2) is 6.31. The molecule has 1 heterocycles. The van der Waals surface area contributed by atoms with Crippen LogP contribution in [0.4, 0.5) is 5.69 Å². The van der Waals surface area contributed by atoms with E-state index in [1.54, 1.807) is 19.9 Å². The van der Waals surface area contributed by atoms with Crippen molar-refractivity contribution in [3.8, 4) is 22.6 Å². The fourth-order valence-corrected chi connectivity index (χ4v) is 2.89. The predicted molar refractivity (Wildman–Crippen MR) is 97.7 cm³/mol. The van der Waals surface area contributed by atoms with Gasteiger partial charge in [-0.05, 0) is 49.6 Å². The molecule has 2 aromatic carbocycles. The van der Waals surface area contributed by atoms with E-state index in [9.17, 15) is 9.90 Å². The molecule has 0 saturated heterocycles. The van der Waals surface area contributed by atoms with E-state index < -0.39 is 11.6 Å². The number of hydrogen-bond donors (Lipinski definition) is 2. The van der Waals surface area contributed by atoms with E-state index in [1.165, 1.54) is 0 Å². The Bertz CT molecular complexity index is 827. The van der Waals surface area contributed by atoms with Crippen LogP contribution in [-0.2, 0) is 11.2 Å². The lowest BCUT2D eigenvalue weighted by atomic mass is 9.98. The van der Waals surface area contributed by atoms with Gasteiger partial charge in [-0.25, -0.2) is 4.79 Å². The number of fused-ring (bicyclic) bond motifs is 1. The van der Waals surface area contributed by atoms with E-state index >= 15 is 0 Å². The number of aryl methyl sites for hydroxylation is 1. The van der Waals surface area contributed by atoms with Crippen LogP contribution in [-0.4, -0.2) is 30.3 Å². The molecule has 132 valence electrons. The van der Waals surface area contributed by atoms with Gasteiger partial charge in [0.05, 0.1) is 6.61 Å². The summed E-state index contributed by atoms with van der Waals surface area (Å²) < 4.78 is 11.5. The number of carbonyl (C=O) groups is 1. The highest BCUT2D eigenvalue weighted by molar-refractivity contribution is 5.80. The second-order valence-electron chi connectivity index (χ2n) is 6.75. The number of rotatable bonds is 5. The minimum Gasteiger partial charge on any atom is -0.493 e. The van der Waals surface area contributed by atoms with Crippen molar-refractivity contribution in [2.75, 3.05) is 19.0 Å². The predicted octanol–water partition coefficient (Wildman–Crippen LogP) is 3.88. The molecule has 5 heteroatoms. The summed E-state index contributed by atoms with van der Waals surface area (Å²) >= 11 is 0. The first kappa shape index (κ1) is 17.1. The molecule has 0 aromatic heterocycles. The summed E-state index contributed by atoms with van der Waals surface area (Å²) in [4.78, 5) is 11.5. The standard InChI is InChI=1S/C20H23NO4/c1-12-5-6-13(10-16(12)21-4)15-9-14-7-8-24-17(14)11-18(15)25-20(2,3)19(22)23/h5-6,9-11,21H,7-8H2,1-4H3,(H,22,23). The van der Waals surface area contributed by atoms with E-state index in [0.717, 1.165) is 40.1 Å². The average molecular weight is 341 g/mol. The summed E-state index contributed by atoms with van der Waals surface area (Å²) in [7, 11) is 1.88. The Morgan fingerprint density at radius 3 is 2.72 bits per heavy atom. The largest absolute Gasteiger partial charge is 0.493 e. The molecular formula is C20H23NO4. The van der Waals surface area contributed by atoms with Crippen molar-refractivity contribution in [3.05, 3.63) is 41.5 Å². The summed E-state index contributed by atoms with van der Waals surface area (Å²) in [6.07, 6.45) is 0.843. The first-order valence-electron chi connectivity index (χ1n) is 8.33. The van der Waals surface area contributed by atoms with Crippen LogP contribution in [0.3, 0.4) is 0 Å². The Morgan fingerprint density at radius 2 is 2.04 bits per heavy atom. The van der Waals surface area contributed by atoms with Gasteiger partial charge in [-0.2, -0.15) is 0 Å². The minimum absolute atomic E-state index is 0.513. The molecular weight excluding hydrogens is 318 g/mol. The summed E-state index contributed by atoms with van der Waals surface area (Å²) in [5.41, 5.74) is 3.79. The zero-order chi connectivity index (χ0) is 18.2. The lowest BCUT2D eigenvalue weighted by Crippen LogP contribution is -2.38. The molecule has 0 spiro atoms. The summed E-state index contributed by atoms with van der Waals surface area (Å²) in [6, 6.07) is 9.96. The van der Waals surface area contributed by atoms with Crippen LogP contribution >= 0.6 is 0 Å². The van der Waals surface area contributed by atoms with Gasteiger partial charge in [0, 0.05) is 30.8 Å². The Labute approximate surface area is 147 Å². The summed E-state index contributed by atoms with van der Waals surface area (Å²) in [5, 5.41) is 12.6. The van der Waals surface area contributed by atoms with Gasteiger partial charge in [0.1, 0.15) is 11.5 Å². The van der Waals surface area contributed by atoms with Gasteiger partial charge in [-0.1, -0.05) is 12.1 Å². The molecule has 0 fully saturated rings. The van der Waals surface area contributed by atoms with Crippen LogP contribution in [0.25, 0.3) is 11.1 Å². The van der Waals surface area contributed by atoms with Gasteiger partial charge in [0.15, 0.2) is 5.60 Å². The number of hydrogen-bond acceptors (Lipinski definition) is 4.